The SMILES string of the molecule is COc1ccc2c(c1)OC[C@H](CNC(=O)CCS(C)(=O)=O)C2. The molecule has 1 aliphatic rings. The number of amides is 1. The van der Waals surface area contributed by atoms with Crippen LogP contribution in [0.3, 0.4) is 0 Å². The summed E-state index contributed by atoms with van der Waals surface area (Å²) in [5.74, 6) is 1.39. The Morgan fingerprint density at radius 3 is 2.91 bits per heavy atom. The minimum Gasteiger partial charge on any atom is -0.497 e. The Bertz CT molecular complexity index is 641. The molecule has 2 rings (SSSR count). The predicted octanol–water partition coefficient (Wildman–Crippen LogP) is 0.797. The highest BCUT2D eigenvalue weighted by Gasteiger charge is 2.21. The van der Waals surface area contributed by atoms with Gasteiger partial charge in [0.1, 0.15) is 21.3 Å². The van der Waals surface area contributed by atoms with Crippen LogP contribution < -0.4 is 14.8 Å². The molecule has 1 aromatic rings. The molecule has 1 N–H and O–H groups in total. The molecule has 1 amide bonds. The fourth-order valence-corrected chi connectivity index (χ4v) is 2.85. The van der Waals surface area contributed by atoms with E-state index in [1.807, 2.05) is 18.2 Å². The number of benzene rings is 1. The Hall–Kier alpha value is -1.76. The van der Waals surface area contributed by atoms with E-state index in [-0.39, 0.29) is 24.0 Å². The lowest BCUT2D eigenvalue weighted by Gasteiger charge is -2.25. The first-order chi connectivity index (χ1) is 10.4. The molecule has 1 heterocycles. The largest absolute Gasteiger partial charge is 0.497 e. The molecule has 0 radical (unpaired) electrons. The van der Waals surface area contributed by atoms with Gasteiger partial charge in [0.05, 0.1) is 19.5 Å². The number of nitrogens with one attached hydrogen (secondary N) is 1. The summed E-state index contributed by atoms with van der Waals surface area (Å²) in [4.78, 5) is 11.6. The van der Waals surface area contributed by atoms with Crippen molar-refractivity contribution >= 4 is 15.7 Å². The molecule has 0 fully saturated rings. The van der Waals surface area contributed by atoms with Crippen LogP contribution in [-0.2, 0) is 21.1 Å². The van der Waals surface area contributed by atoms with Crippen molar-refractivity contribution in [2.75, 3.05) is 32.3 Å². The Kier molecular flexibility index (Phi) is 5.28. The van der Waals surface area contributed by atoms with E-state index in [4.69, 9.17) is 9.47 Å². The number of carbonyl (C=O) groups excluding carboxylic acids is 1. The quantitative estimate of drug-likeness (QED) is 0.836. The molecule has 0 unspecified atom stereocenters. The van der Waals surface area contributed by atoms with E-state index in [9.17, 15) is 13.2 Å². The standard InChI is InChI=1S/C15H21NO5S/c1-20-13-4-3-12-7-11(10-21-14(12)8-13)9-16-15(17)5-6-22(2,18)19/h3-4,8,11H,5-7,9-10H2,1-2H3,(H,16,17)/t11-/m0/s1. The van der Waals surface area contributed by atoms with Crippen molar-refractivity contribution in [2.24, 2.45) is 5.92 Å². The molecular formula is C15H21NO5S. The van der Waals surface area contributed by atoms with Gasteiger partial charge in [0.15, 0.2) is 0 Å². The molecule has 7 heteroatoms. The van der Waals surface area contributed by atoms with Crippen LogP contribution in [-0.4, -0.2) is 46.6 Å². The van der Waals surface area contributed by atoms with Crippen LogP contribution in [0.4, 0.5) is 0 Å². The number of fused-ring (bicyclic) bond motifs is 1. The fourth-order valence-electron chi connectivity index (χ4n) is 2.30. The fraction of sp³-hybridized carbons (Fsp3) is 0.533. The van der Waals surface area contributed by atoms with Crippen LogP contribution in [0, 0.1) is 5.92 Å². The number of methoxy groups -OCH3 is 1. The van der Waals surface area contributed by atoms with Crippen LogP contribution in [0.15, 0.2) is 18.2 Å². The number of carbonyl (C=O) groups is 1. The van der Waals surface area contributed by atoms with Gasteiger partial charge >= 0.3 is 0 Å². The second-order valence-corrected chi connectivity index (χ2v) is 7.80. The third kappa shape index (κ3) is 4.91. The van der Waals surface area contributed by atoms with Crippen LogP contribution in [0.25, 0.3) is 0 Å². The van der Waals surface area contributed by atoms with E-state index in [1.165, 1.54) is 0 Å². The third-order valence-electron chi connectivity index (χ3n) is 3.55. The van der Waals surface area contributed by atoms with Crippen molar-refractivity contribution in [2.45, 2.75) is 12.8 Å². The average molecular weight is 327 g/mol. The zero-order valence-corrected chi connectivity index (χ0v) is 13.6. The topological polar surface area (TPSA) is 81.7 Å². The van der Waals surface area contributed by atoms with E-state index >= 15 is 0 Å². The predicted molar refractivity (Wildman–Crippen MR) is 83.0 cm³/mol. The van der Waals surface area contributed by atoms with Crippen molar-refractivity contribution in [3.05, 3.63) is 23.8 Å². The van der Waals surface area contributed by atoms with Gasteiger partial charge in [-0.1, -0.05) is 6.07 Å². The second kappa shape index (κ2) is 7.00. The van der Waals surface area contributed by atoms with Crippen molar-refractivity contribution in [1.29, 1.82) is 0 Å². The maximum absolute atomic E-state index is 11.6. The highest BCUT2D eigenvalue weighted by molar-refractivity contribution is 7.90. The molecule has 122 valence electrons. The maximum atomic E-state index is 11.6. The van der Waals surface area contributed by atoms with Crippen molar-refractivity contribution in [1.82, 2.24) is 5.32 Å². The molecule has 6 nitrogen and oxygen atoms in total. The van der Waals surface area contributed by atoms with Gasteiger partial charge in [-0.25, -0.2) is 8.42 Å². The zero-order valence-electron chi connectivity index (χ0n) is 12.8. The lowest BCUT2D eigenvalue weighted by atomic mass is 9.96. The highest BCUT2D eigenvalue weighted by Crippen LogP contribution is 2.30. The van der Waals surface area contributed by atoms with E-state index in [0.29, 0.717) is 13.2 Å². The summed E-state index contributed by atoms with van der Waals surface area (Å²) in [6.07, 6.45) is 1.94. The first kappa shape index (κ1) is 16.6. The van der Waals surface area contributed by atoms with Gasteiger partial charge in [0, 0.05) is 31.2 Å². The summed E-state index contributed by atoms with van der Waals surface area (Å²) < 4.78 is 32.9. The number of rotatable bonds is 6. The monoisotopic (exact) mass is 327 g/mol. The second-order valence-electron chi connectivity index (χ2n) is 5.54. The van der Waals surface area contributed by atoms with E-state index in [0.717, 1.165) is 29.7 Å². The molecule has 0 saturated heterocycles. The van der Waals surface area contributed by atoms with E-state index in [1.54, 1.807) is 7.11 Å². The molecule has 0 saturated carbocycles. The molecule has 0 spiro atoms. The van der Waals surface area contributed by atoms with Gasteiger partial charge in [-0.2, -0.15) is 0 Å². The van der Waals surface area contributed by atoms with Gasteiger partial charge < -0.3 is 14.8 Å². The van der Waals surface area contributed by atoms with E-state index in [2.05, 4.69) is 5.32 Å². The number of sulfone groups is 1. The first-order valence-electron chi connectivity index (χ1n) is 7.11. The van der Waals surface area contributed by atoms with E-state index < -0.39 is 9.84 Å². The number of hydrogen-bond donors (Lipinski definition) is 1. The maximum Gasteiger partial charge on any atom is 0.221 e. The lowest BCUT2D eigenvalue weighted by Crippen LogP contribution is -2.35. The first-order valence-corrected chi connectivity index (χ1v) is 9.17. The zero-order chi connectivity index (χ0) is 16.2. The number of hydrogen-bond acceptors (Lipinski definition) is 5. The Labute approximate surface area is 130 Å². The van der Waals surface area contributed by atoms with Crippen molar-refractivity contribution < 1.29 is 22.7 Å². The molecule has 1 aliphatic heterocycles. The molecular weight excluding hydrogens is 306 g/mol. The lowest BCUT2D eigenvalue weighted by molar-refractivity contribution is -0.120. The summed E-state index contributed by atoms with van der Waals surface area (Å²) in [7, 11) is -1.50. The van der Waals surface area contributed by atoms with Gasteiger partial charge in [0.25, 0.3) is 0 Å². The normalized spacial score (nSPS) is 17.3. The molecule has 0 aliphatic carbocycles. The Morgan fingerprint density at radius 1 is 1.45 bits per heavy atom. The van der Waals surface area contributed by atoms with Crippen LogP contribution in [0.2, 0.25) is 0 Å². The summed E-state index contributed by atoms with van der Waals surface area (Å²) in [6.45, 7) is 1.00. The smallest absolute Gasteiger partial charge is 0.221 e. The van der Waals surface area contributed by atoms with Gasteiger partial charge in [-0.3, -0.25) is 4.79 Å². The van der Waals surface area contributed by atoms with Gasteiger partial charge in [0.2, 0.25) is 5.91 Å². The summed E-state index contributed by atoms with van der Waals surface area (Å²) >= 11 is 0. The highest BCUT2D eigenvalue weighted by atomic mass is 32.2. The minimum atomic E-state index is -3.11. The van der Waals surface area contributed by atoms with Crippen LogP contribution >= 0.6 is 0 Å². The Balaban J connectivity index is 1.82. The van der Waals surface area contributed by atoms with Crippen LogP contribution in [0.1, 0.15) is 12.0 Å². The summed E-state index contributed by atoms with van der Waals surface area (Å²) in [5.41, 5.74) is 1.09. The van der Waals surface area contributed by atoms with Gasteiger partial charge in [-0.05, 0) is 18.1 Å². The molecule has 0 bridgehead atoms. The number of ether oxygens (including phenoxy) is 2. The van der Waals surface area contributed by atoms with Crippen molar-refractivity contribution in [3.63, 3.8) is 0 Å². The molecule has 0 aromatic heterocycles. The summed E-state index contributed by atoms with van der Waals surface area (Å²) in [6, 6.07) is 5.71. The van der Waals surface area contributed by atoms with Crippen molar-refractivity contribution in [3.8, 4) is 11.5 Å². The van der Waals surface area contributed by atoms with Gasteiger partial charge in [-0.15, -0.1) is 0 Å². The van der Waals surface area contributed by atoms with Crippen LogP contribution in [0.5, 0.6) is 11.5 Å². The minimum absolute atomic E-state index is 0.000195. The summed E-state index contributed by atoms with van der Waals surface area (Å²) in [5, 5.41) is 2.77. The molecule has 22 heavy (non-hydrogen) atoms. The average Bonchev–Trinajstić information content (AvgIpc) is 2.49. The molecule has 1 aromatic carbocycles. The third-order valence-corrected chi connectivity index (χ3v) is 4.49. The molecule has 1 atom stereocenters. The Morgan fingerprint density at radius 2 is 2.23 bits per heavy atom.